The van der Waals surface area contributed by atoms with Crippen molar-refractivity contribution in [2.75, 3.05) is 11.0 Å². The van der Waals surface area contributed by atoms with Crippen LogP contribution in [0.3, 0.4) is 0 Å². The number of fused-ring (bicyclic) bond motifs is 5. The van der Waals surface area contributed by atoms with Crippen LogP contribution >= 0.6 is 27.5 Å². The number of anilines is 1. The molecule has 1 amide bonds. The van der Waals surface area contributed by atoms with Crippen molar-refractivity contribution in [2.45, 2.75) is 43.7 Å². The number of aromatic nitrogens is 6. The van der Waals surface area contributed by atoms with Crippen molar-refractivity contribution in [1.29, 1.82) is 0 Å². The summed E-state index contributed by atoms with van der Waals surface area (Å²) in [5, 5.41) is 10.8. The van der Waals surface area contributed by atoms with E-state index in [1.54, 1.807) is 12.1 Å². The fraction of sp³-hybridized carbons (Fsp3) is 0.286. The van der Waals surface area contributed by atoms with Crippen LogP contribution in [0.5, 0.6) is 0 Å². The van der Waals surface area contributed by atoms with Crippen molar-refractivity contribution in [3.8, 4) is 5.69 Å². The van der Waals surface area contributed by atoms with Crippen LogP contribution in [-0.2, 0) is 40.8 Å². The van der Waals surface area contributed by atoms with Crippen molar-refractivity contribution < 1.29 is 39.6 Å². The highest BCUT2D eigenvalue weighted by Crippen LogP contribution is 2.68. The number of alkyl halides is 4. The van der Waals surface area contributed by atoms with Crippen LogP contribution in [0, 0.1) is 17.6 Å². The Morgan fingerprint density at radius 3 is 2.48 bits per heavy atom. The standard InChI is InChI=1S/C35H26BrClF6N8O4S/c1-49-29-23(7-6-20(37)27(29)32(47-49)48-56(2,54)55)51-33(45-21-5-3-4-19(36)26(21)34(51)53)22(10-14-8-15(38)11-16(39)9-14)44-24(52)13-50-30-25(28(46-50)31(40)41)17-12-18(17)35(30,42)43/h3-9,11,17-18,22,31H,10,12-13H2,1-2H3,(H,44,52)(H,47,48)/t17-,18+,22?/m0/s1. The lowest BCUT2D eigenvalue weighted by Gasteiger charge is -2.24. The average molecular weight is 884 g/mol. The van der Waals surface area contributed by atoms with Gasteiger partial charge in [-0.3, -0.25) is 28.2 Å². The molecule has 2 N–H and O–H groups in total. The number of halogens is 8. The predicted octanol–water partition coefficient (Wildman–Crippen LogP) is 6.78. The Labute approximate surface area is 325 Å². The van der Waals surface area contributed by atoms with Crippen LogP contribution in [0.1, 0.15) is 53.1 Å². The van der Waals surface area contributed by atoms with Crippen LogP contribution in [0.2, 0.25) is 5.02 Å². The van der Waals surface area contributed by atoms with E-state index in [0.29, 0.717) is 15.2 Å². The number of sulfonamides is 1. The number of nitrogens with one attached hydrogen (secondary N) is 2. The molecule has 1 fully saturated rings. The summed E-state index contributed by atoms with van der Waals surface area (Å²) in [6.07, 6.45) is -2.72. The van der Waals surface area contributed by atoms with Crippen molar-refractivity contribution in [3.63, 3.8) is 0 Å². The van der Waals surface area contributed by atoms with E-state index in [4.69, 9.17) is 16.6 Å². The molecule has 8 rings (SSSR count). The molecule has 6 aromatic rings. The van der Waals surface area contributed by atoms with E-state index in [-0.39, 0.29) is 61.7 Å². The van der Waals surface area contributed by atoms with Gasteiger partial charge in [-0.1, -0.05) is 17.7 Å². The molecule has 2 aliphatic carbocycles. The first-order valence-electron chi connectivity index (χ1n) is 16.7. The van der Waals surface area contributed by atoms with Crippen LogP contribution in [-0.4, -0.2) is 49.7 Å². The summed E-state index contributed by atoms with van der Waals surface area (Å²) in [4.78, 5) is 33.4. The minimum Gasteiger partial charge on any atom is -0.344 e. The third-order valence-corrected chi connectivity index (χ3v) is 11.3. The molecular formula is C35H26BrClF6N8O4S. The van der Waals surface area contributed by atoms with Gasteiger partial charge in [-0.15, -0.1) is 0 Å². The molecule has 0 bridgehead atoms. The van der Waals surface area contributed by atoms with E-state index in [0.717, 1.165) is 23.0 Å². The SMILES string of the molecule is Cn1nc(NS(C)(=O)=O)c2c(Cl)ccc(-n3c(C(Cc4cc(F)cc(F)c4)NC(=O)Cn4nc(C(F)F)c5c4C(F)(F)[C@@H]4C[C@H]54)nc4cccc(Br)c4c3=O)c21. The van der Waals surface area contributed by atoms with Crippen molar-refractivity contribution in [3.05, 3.63) is 108 Å². The zero-order chi connectivity index (χ0) is 40.2. The Hall–Kier alpha value is -4.95. The molecule has 3 heterocycles. The number of amides is 1. The lowest BCUT2D eigenvalue weighted by atomic mass is 10.0. The summed E-state index contributed by atoms with van der Waals surface area (Å²) in [5.41, 5.74) is -2.39. The molecule has 3 aromatic heterocycles. The van der Waals surface area contributed by atoms with Gasteiger partial charge in [0.05, 0.1) is 44.8 Å². The number of rotatable bonds is 10. The molecule has 3 aromatic carbocycles. The number of carbonyl (C=O) groups excluding carboxylic acids is 1. The van der Waals surface area contributed by atoms with E-state index in [9.17, 15) is 35.6 Å². The van der Waals surface area contributed by atoms with Gasteiger partial charge in [0, 0.05) is 35.5 Å². The largest absolute Gasteiger partial charge is 0.344 e. The number of hydrogen-bond donors (Lipinski definition) is 2. The first-order chi connectivity index (χ1) is 26.3. The maximum atomic E-state index is 15.4. The highest BCUT2D eigenvalue weighted by molar-refractivity contribution is 9.10. The van der Waals surface area contributed by atoms with Gasteiger partial charge in [-0.25, -0.2) is 31.0 Å². The van der Waals surface area contributed by atoms with E-state index >= 15 is 8.78 Å². The fourth-order valence-electron chi connectivity index (χ4n) is 7.58. The number of nitrogens with zero attached hydrogens (tertiary/aromatic N) is 6. The first-order valence-corrected chi connectivity index (χ1v) is 19.8. The lowest BCUT2D eigenvalue weighted by molar-refractivity contribution is -0.123. The molecule has 0 saturated heterocycles. The average Bonchev–Trinajstić information content (AvgIpc) is 3.63. The van der Waals surface area contributed by atoms with E-state index in [1.165, 1.54) is 29.9 Å². The quantitative estimate of drug-likeness (QED) is 0.144. The summed E-state index contributed by atoms with van der Waals surface area (Å²) in [5.74, 6) is -8.91. The number of carbonyl (C=O) groups is 1. The topological polar surface area (TPSA) is 146 Å². The van der Waals surface area contributed by atoms with Crippen LogP contribution in [0.15, 0.2) is 57.8 Å². The highest BCUT2D eigenvalue weighted by Gasteiger charge is 2.67. The molecule has 0 radical (unpaired) electrons. The molecule has 12 nitrogen and oxygen atoms in total. The number of hydrogen-bond acceptors (Lipinski definition) is 7. The Morgan fingerprint density at radius 1 is 1.09 bits per heavy atom. The summed E-state index contributed by atoms with van der Waals surface area (Å²) in [7, 11) is -2.43. The predicted molar refractivity (Wildman–Crippen MR) is 196 cm³/mol. The summed E-state index contributed by atoms with van der Waals surface area (Å²) in [6, 6.07) is 8.55. The molecular weight excluding hydrogens is 858 g/mol. The Morgan fingerprint density at radius 2 is 1.80 bits per heavy atom. The second kappa shape index (κ2) is 13.3. The normalized spacial score (nSPS) is 17.7. The van der Waals surface area contributed by atoms with E-state index in [1.807, 2.05) is 0 Å². The van der Waals surface area contributed by atoms with E-state index in [2.05, 4.69) is 36.2 Å². The zero-order valence-corrected chi connectivity index (χ0v) is 32.0. The molecule has 56 heavy (non-hydrogen) atoms. The highest BCUT2D eigenvalue weighted by atomic mass is 79.9. The summed E-state index contributed by atoms with van der Waals surface area (Å²) in [6.45, 7) is -0.963. The van der Waals surface area contributed by atoms with Crippen molar-refractivity contribution in [1.82, 2.24) is 34.4 Å². The summed E-state index contributed by atoms with van der Waals surface area (Å²) >= 11 is 9.95. The molecule has 0 spiro atoms. The smallest absolute Gasteiger partial charge is 0.293 e. The molecule has 2 aliphatic rings. The van der Waals surface area contributed by atoms with Gasteiger partial charge in [0.2, 0.25) is 15.9 Å². The lowest BCUT2D eigenvalue weighted by Crippen LogP contribution is -2.38. The van der Waals surface area contributed by atoms with Gasteiger partial charge < -0.3 is 5.32 Å². The monoisotopic (exact) mass is 882 g/mol. The molecule has 0 aliphatic heterocycles. The van der Waals surface area contributed by atoms with E-state index < -0.39 is 87.7 Å². The number of benzene rings is 3. The maximum Gasteiger partial charge on any atom is 0.293 e. The van der Waals surface area contributed by atoms with Crippen molar-refractivity contribution >= 4 is 71.1 Å². The summed E-state index contributed by atoms with van der Waals surface area (Å²) < 4.78 is 118. The third-order valence-electron chi connectivity index (χ3n) is 9.78. The van der Waals surface area contributed by atoms with Crippen LogP contribution in [0.25, 0.3) is 27.5 Å². The minimum atomic E-state index is -3.89. The minimum absolute atomic E-state index is 0.00555. The van der Waals surface area contributed by atoms with Gasteiger partial charge in [0.15, 0.2) is 5.82 Å². The fourth-order valence-corrected chi connectivity index (χ4v) is 8.85. The molecule has 1 saturated carbocycles. The van der Waals surface area contributed by atoms with Crippen LogP contribution in [0.4, 0.5) is 32.2 Å². The Kier molecular flexibility index (Phi) is 9.03. The molecule has 21 heteroatoms. The molecule has 1 unspecified atom stereocenters. The second-order valence-electron chi connectivity index (χ2n) is 13.7. The van der Waals surface area contributed by atoms with Gasteiger partial charge in [-0.2, -0.15) is 19.0 Å². The maximum absolute atomic E-state index is 15.4. The third kappa shape index (κ3) is 6.40. The van der Waals surface area contributed by atoms with Gasteiger partial charge in [0.1, 0.15) is 35.4 Å². The Balaban J connectivity index is 1.32. The molecule has 3 atom stereocenters. The van der Waals surface area contributed by atoms with Crippen LogP contribution < -0.4 is 15.6 Å². The zero-order valence-electron chi connectivity index (χ0n) is 28.8. The molecule has 292 valence electrons. The van der Waals surface area contributed by atoms with Gasteiger partial charge in [-0.05, 0) is 70.2 Å². The van der Waals surface area contributed by atoms with Crippen molar-refractivity contribution in [2.24, 2.45) is 13.0 Å². The van der Waals surface area contributed by atoms with Gasteiger partial charge >= 0.3 is 0 Å². The van der Waals surface area contributed by atoms with Gasteiger partial charge in [0.25, 0.3) is 17.9 Å². The Bertz CT molecular complexity index is 2810. The number of aryl methyl sites for hydroxylation is 1. The second-order valence-corrected chi connectivity index (χ2v) is 16.7. The first kappa shape index (κ1) is 37.9.